The Kier molecular flexibility index (Phi) is 4.51. The average molecular weight is 282 g/mol. The van der Waals surface area contributed by atoms with Gasteiger partial charge in [0.15, 0.2) is 0 Å². The van der Waals surface area contributed by atoms with Crippen LogP contribution in [0.5, 0.6) is 5.75 Å². The van der Waals surface area contributed by atoms with Crippen LogP contribution in [-0.2, 0) is 6.42 Å². The fourth-order valence-electron chi connectivity index (χ4n) is 3.08. The zero-order valence-electron chi connectivity index (χ0n) is 12.3. The Balaban J connectivity index is 1.47. The highest BCUT2D eigenvalue weighted by molar-refractivity contribution is 5.26. The largest absolute Gasteiger partial charge is 0.508 e. The van der Waals surface area contributed by atoms with Gasteiger partial charge in [0, 0.05) is 18.9 Å². The minimum atomic E-state index is 0.344. The van der Waals surface area contributed by atoms with Crippen LogP contribution in [0.2, 0.25) is 0 Å². The van der Waals surface area contributed by atoms with E-state index in [9.17, 15) is 5.11 Å². The zero-order chi connectivity index (χ0) is 14.5. The van der Waals surface area contributed by atoms with Gasteiger partial charge in [-0.1, -0.05) is 12.1 Å². The maximum atomic E-state index is 9.30. The molecule has 0 spiro atoms. The van der Waals surface area contributed by atoms with Crippen molar-refractivity contribution in [3.63, 3.8) is 0 Å². The van der Waals surface area contributed by atoms with Crippen molar-refractivity contribution in [1.82, 2.24) is 9.88 Å². The molecule has 1 fully saturated rings. The molecule has 3 rings (SSSR count). The number of likely N-dealkylation sites (tertiary alicyclic amines) is 1. The highest BCUT2D eigenvalue weighted by Gasteiger charge is 2.20. The van der Waals surface area contributed by atoms with Crippen LogP contribution in [0.3, 0.4) is 0 Å². The minimum Gasteiger partial charge on any atom is -0.508 e. The van der Waals surface area contributed by atoms with E-state index in [1.165, 1.54) is 37.1 Å². The molecular formula is C18H22N2O. The first kappa shape index (κ1) is 14.1. The number of aromatic hydroxyl groups is 1. The van der Waals surface area contributed by atoms with Gasteiger partial charge in [0.2, 0.25) is 0 Å². The molecule has 0 unspecified atom stereocenters. The molecule has 21 heavy (non-hydrogen) atoms. The van der Waals surface area contributed by atoms with Gasteiger partial charge in [-0.05, 0) is 73.7 Å². The molecule has 1 aliphatic rings. The maximum absolute atomic E-state index is 9.30. The third kappa shape index (κ3) is 3.82. The molecule has 2 aromatic rings. The fraction of sp³-hybridized carbons (Fsp3) is 0.389. The predicted molar refractivity (Wildman–Crippen MR) is 84.5 cm³/mol. The van der Waals surface area contributed by atoms with Gasteiger partial charge in [-0.25, -0.2) is 0 Å². The monoisotopic (exact) mass is 282 g/mol. The summed E-state index contributed by atoms with van der Waals surface area (Å²) in [7, 11) is 0. The van der Waals surface area contributed by atoms with Crippen molar-refractivity contribution in [2.75, 3.05) is 19.6 Å². The van der Waals surface area contributed by atoms with Crippen LogP contribution in [0.25, 0.3) is 0 Å². The molecule has 1 aromatic carbocycles. The third-order valence-corrected chi connectivity index (χ3v) is 4.42. The zero-order valence-corrected chi connectivity index (χ0v) is 12.3. The molecule has 3 nitrogen and oxygen atoms in total. The van der Waals surface area contributed by atoms with Crippen LogP contribution in [0, 0.1) is 0 Å². The SMILES string of the molecule is Oc1ccc(CCN2CCC(c3ccncc3)CC2)cc1. The summed E-state index contributed by atoms with van der Waals surface area (Å²) in [6.45, 7) is 3.45. The van der Waals surface area contributed by atoms with Crippen LogP contribution < -0.4 is 0 Å². The van der Waals surface area contributed by atoms with Crippen molar-refractivity contribution in [2.24, 2.45) is 0 Å². The number of nitrogens with zero attached hydrogens (tertiary/aromatic N) is 2. The second kappa shape index (κ2) is 6.72. The van der Waals surface area contributed by atoms with Gasteiger partial charge in [0.05, 0.1) is 0 Å². The van der Waals surface area contributed by atoms with Crippen LogP contribution >= 0.6 is 0 Å². The summed E-state index contributed by atoms with van der Waals surface area (Å²) < 4.78 is 0. The van der Waals surface area contributed by atoms with Gasteiger partial charge in [-0.15, -0.1) is 0 Å². The normalized spacial score (nSPS) is 17.0. The summed E-state index contributed by atoms with van der Waals surface area (Å²) in [6.07, 6.45) is 7.32. The van der Waals surface area contributed by atoms with E-state index in [-0.39, 0.29) is 0 Å². The first-order valence-corrected chi connectivity index (χ1v) is 7.71. The topological polar surface area (TPSA) is 36.4 Å². The molecule has 3 heteroatoms. The van der Waals surface area contributed by atoms with Gasteiger partial charge in [0.1, 0.15) is 5.75 Å². The number of piperidine rings is 1. The Bertz CT molecular complexity index is 545. The van der Waals surface area contributed by atoms with E-state index in [4.69, 9.17) is 0 Å². The molecule has 0 radical (unpaired) electrons. The molecule has 0 aliphatic carbocycles. The first-order valence-electron chi connectivity index (χ1n) is 7.71. The second-order valence-corrected chi connectivity index (χ2v) is 5.81. The summed E-state index contributed by atoms with van der Waals surface area (Å²) in [5.74, 6) is 1.04. The molecule has 1 aromatic heterocycles. The second-order valence-electron chi connectivity index (χ2n) is 5.81. The van der Waals surface area contributed by atoms with Crippen LogP contribution in [0.15, 0.2) is 48.8 Å². The molecule has 0 amide bonds. The van der Waals surface area contributed by atoms with Crippen molar-refractivity contribution >= 4 is 0 Å². The number of phenols is 1. The summed E-state index contributed by atoms with van der Waals surface area (Å²) >= 11 is 0. The number of phenolic OH excluding ortho intramolecular Hbond substituents is 1. The van der Waals surface area contributed by atoms with E-state index >= 15 is 0 Å². The van der Waals surface area contributed by atoms with Gasteiger partial charge in [-0.3, -0.25) is 4.98 Å². The first-order chi connectivity index (χ1) is 10.3. The molecule has 110 valence electrons. The number of hydrogen-bond acceptors (Lipinski definition) is 3. The summed E-state index contributed by atoms with van der Waals surface area (Å²) in [4.78, 5) is 6.64. The fourth-order valence-corrected chi connectivity index (χ4v) is 3.08. The Labute approximate surface area is 126 Å². The number of hydrogen-bond donors (Lipinski definition) is 1. The van der Waals surface area contributed by atoms with Crippen molar-refractivity contribution in [3.8, 4) is 5.75 Å². The molecule has 0 atom stereocenters. The van der Waals surface area contributed by atoms with Crippen molar-refractivity contribution < 1.29 is 5.11 Å². The van der Waals surface area contributed by atoms with Gasteiger partial charge in [-0.2, -0.15) is 0 Å². The number of aromatic nitrogens is 1. The van der Waals surface area contributed by atoms with Gasteiger partial charge >= 0.3 is 0 Å². The van der Waals surface area contributed by atoms with Gasteiger partial charge < -0.3 is 10.0 Å². The van der Waals surface area contributed by atoms with Crippen molar-refractivity contribution in [2.45, 2.75) is 25.2 Å². The van der Waals surface area contributed by atoms with E-state index in [1.54, 1.807) is 12.1 Å². The molecule has 1 saturated heterocycles. The molecular weight excluding hydrogens is 260 g/mol. The predicted octanol–water partition coefficient (Wildman–Crippen LogP) is 3.21. The van der Waals surface area contributed by atoms with Crippen LogP contribution in [0.4, 0.5) is 0 Å². The van der Waals surface area contributed by atoms with Crippen LogP contribution in [-0.4, -0.2) is 34.6 Å². The molecule has 0 bridgehead atoms. The molecule has 1 N–H and O–H groups in total. The summed E-state index contributed by atoms with van der Waals surface area (Å²) in [5, 5.41) is 9.30. The van der Waals surface area contributed by atoms with Crippen molar-refractivity contribution in [3.05, 3.63) is 59.9 Å². The maximum Gasteiger partial charge on any atom is 0.115 e. The molecule has 1 aliphatic heterocycles. The highest BCUT2D eigenvalue weighted by Crippen LogP contribution is 2.27. The summed E-state index contributed by atoms with van der Waals surface area (Å²) in [5.41, 5.74) is 2.73. The Morgan fingerprint density at radius 2 is 1.67 bits per heavy atom. The van der Waals surface area contributed by atoms with Crippen LogP contribution in [0.1, 0.15) is 29.9 Å². The third-order valence-electron chi connectivity index (χ3n) is 4.42. The Morgan fingerprint density at radius 3 is 2.33 bits per heavy atom. The molecule has 2 heterocycles. The Hall–Kier alpha value is -1.87. The lowest BCUT2D eigenvalue weighted by Gasteiger charge is -2.32. The van der Waals surface area contributed by atoms with Gasteiger partial charge in [0.25, 0.3) is 0 Å². The average Bonchev–Trinajstić information content (AvgIpc) is 2.56. The number of pyridine rings is 1. The quantitative estimate of drug-likeness (QED) is 0.935. The van der Waals surface area contributed by atoms with E-state index in [2.05, 4.69) is 22.0 Å². The minimum absolute atomic E-state index is 0.344. The smallest absolute Gasteiger partial charge is 0.115 e. The highest BCUT2D eigenvalue weighted by atomic mass is 16.3. The lowest BCUT2D eigenvalue weighted by molar-refractivity contribution is 0.214. The van der Waals surface area contributed by atoms with E-state index in [1.807, 2.05) is 24.5 Å². The lowest BCUT2D eigenvalue weighted by atomic mass is 9.90. The van der Waals surface area contributed by atoms with E-state index in [0.717, 1.165) is 13.0 Å². The standard InChI is InChI=1S/C18H22N2O/c21-18-3-1-15(2-4-18)7-12-20-13-8-17(9-14-20)16-5-10-19-11-6-16/h1-6,10-11,17,21H,7-9,12-14H2. The number of benzene rings is 1. The number of rotatable bonds is 4. The summed E-state index contributed by atoms with van der Waals surface area (Å²) in [6, 6.07) is 11.9. The molecule has 0 saturated carbocycles. The van der Waals surface area contributed by atoms with E-state index in [0.29, 0.717) is 11.7 Å². The lowest BCUT2D eigenvalue weighted by Crippen LogP contribution is -2.34. The van der Waals surface area contributed by atoms with E-state index < -0.39 is 0 Å². The van der Waals surface area contributed by atoms with Crippen molar-refractivity contribution in [1.29, 1.82) is 0 Å². The Morgan fingerprint density at radius 1 is 1.00 bits per heavy atom.